The van der Waals surface area contributed by atoms with E-state index in [1.807, 2.05) is 0 Å². The van der Waals surface area contributed by atoms with Gasteiger partial charge in [-0.25, -0.2) is 4.39 Å². The normalized spacial score (nSPS) is 17.9. The van der Waals surface area contributed by atoms with E-state index in [0.29, 0.717) is 29.6 Å². The molecule has 1 unspecified atom stereocenters. The smallest absolute Gasteiger partial charge is 0.248 e. The third-order valence-corrected chi connectivity index (χ3v) is 4.30. The third kappa shape index (κ3) is 3.79. The van der Waals surface area contributed by atoms with Crippen LogP contribution in [0.1, 0.15) is 54.9 Å². The van der Waals surface area contributed by atoms with Crippen molar-refractivity contribution in [1.82, 2.24) is 5.32 Å². The molecule has 1 fully saturated rings. The van der Waals surface area contributed by atoms with Gasteiger partial charge in [0.15, 0.2) is 0 Å². The molecule has 0 saturated heterocycles. The summed E-state index contributed by atoms with van der Waals surface area (Å²) in [6, 6.07) is 4.64. The van der Waals surface area contributed by atoms with Gasteiger partial charge in [-0.1, -0.05) is 19.3 Å². The molecule has 3 N–H and O–H groups in total. The zero-order chi connectivity index (χ0) is 14.5. The van der Waals surface area contributed by atoms with Gasteiger partial charge in [-0.05, 0) is 43.9 Å². The Bertz CT molecular complexity index is 470. The lowest BCUT2D eigenvalue weighted by Gasteiger charge is -2.28. The summed E-state index contributed by atoms with van der Waals surface area (Å²) in [5.41, 5.74) is 6.08. The van der Waals surface area contributed by atoms with E-state index in [-0.39, 0.29) is 5.82 Å². The minimum absolute atomic E-state index is 0.293. The Labute approximate surface area is 119 Å². The van der Waals surface area contributed by atoms with E-state index in [4.69, 9.17) is 5.73 Å². The highest BCUT2D eigenvalue weighted by Crippen LogP contribution is 2.26. The number of primary amides is 1. The fourth-order valence-corrected chi connectivity index (χ4v) is 2.94. The molecule has 3 nitrogen and oxygen atoms in total. The molecule has 0 bridgehead atoms. The predicted molar refractivity (Wildman–Crippen MR) is 77.8 cm³/mol. The Morgan fingerprint density at radius 3 is 2.75 bits per heavy atom. The summed E-state index contributed by atoms with van der Waals surface area (Å²) in [6.07, 6.45) is 6.42. The number of nitrogens with two attached hydrogens (primary N) is 1. The zero-order valence-corrected chi connectivity index (χ0v) is 12.0. The van der Waals surface area contributed by atoms with Crippen LogP contribution < -0.4 is 11.1 Å². The topological polar surface area (TPSA) is 55.1 Å². The molecule has 1 aliphatic carbocycles. The first-order chi connectivity index (χ1) is 9.58. The first-order valence-electron chi connectivity index (χ1n) is 7.39. The fourth-order valence-electron chi connectivity index (χ4n) is 2.94. The highest BCUT2D eigenvalue weighted by atomic mass is 19.1. The van der Waals surface area contributed by atoms with E-state index >= 15 is 0 Å². The maximum atomic E-state index is 13.7. The van der Waals surface area contributed by atoms with E-state index in [1.165, 1.54) is 50.3 Å². The average molecular weight is 278 g/mol. The molecule has 1 saturated carbocycles. The molecule has 0 aromatic heterocycles. The number of rotatable bonds is 5. The molecule has 0 aliphatic heterocycles. The van der Waals surface area contributed by atoms with Crippen LogP contribution in [0.3, 0.4) is 0 Å². The maximum absolute atomic E-state index is 13.7. The number of amides is 1. The van der Waals surface area contributed by atoms with Crippen LogP contribution in [0.25, 0.3) is 0 Å². The van der Waals surface area contributed by atoms with Crippen LogP contribution >= 0.6 is 0 Å². The molecule has 4 heteroatoms. The van der Waals surface area contributed by atoms with Crippen molar-refractivity contribution in [2.75, 3.05) is 0 Å². The zero-order valence-electron chi connectivity index (χ0n) is 12.0. The van der Waals surface area contributed by atoms with Crippen LogP contribution in [-0.2, 0) is 6.54 Å². The van der Waals surface area contributed by atoms with Crippen LogP contribution in [0.5, 0.6) is 0 Å². The largest absolute Gasteiger partial charge is 0.366 e. The molecule has 1 aromatic rings. The van der Waals surface area contributed by atoms with Crippen LogP contribution in [0.15, 0.2) is 18.2 Å². The maximum Gasteiger partial charge on any atom is 0.248 e. The fraction of sp³-hybridized carbons (Fsp3) is 0.562. The summed E-state index contributed by atoms with van der Waals surface area (Å²) in [5.74, 6) is -0.143. The second kappa shape index (κ2) is 6.84. The van der Waals surface area contributed by atoms with E-state index in [9.17, 15) is 9.18 Å². The van der Waals surface area contributed by atoms with Crippen molar-refractivity contribution in [3.8, 4) is 0 Å². The molecule has 20 heavy (non-hydrogen) atoms. The van der Waals surface area contributed by atoms with Crippen LogP contribution in [0, 0.1) is 11.7 Å². The molecule has 0 heterocycles. The highest BCUT2D eigenvalue weighted by molar-refractivity contribution is 5.92. The minimum Gasteiger partial charge on any atom is -0.366 e. The molecule has 1 aromatic carbocycles. The van der Waals surface area contributed by atoms with Crippen molar-refractivity contribution < 1.29 is 9.18 Å². The highest BCUT2D eigenvalue weighted by Gasteiger charge is 2.19. The molecular weight excluding hydrogens is 255 g/mol. The Balaban J connectivity index is 1.95. The van der Waals surface area contributed by atoms with Gasteiger partial charge in [0.1, 0.15) is 5.82 Å². The number of hydrogen-bond acceptors (Lipinski definition) is 2. The molecule has 110 valence electrons. The van der Waals surface area contributed by atoms with Gasteiger partial charge in [-0.3, -0.25) is 4.79 Å². The molecule has 1 atom stereocenters. The Kier molecular flexibility index (Phi) is 5.12. The molecule has 0 radical (unpaired) electrons. The number of benzene rings is 1. The summed E-state index contributed by atoms with van der Waals surface area (Å²) in [7, 11) is 0. The van der Waals surface area contributed by atoms with Gasteiger partial charge in [-0.2, -0.15) is 0 Å². The van der Waals surface area contributed by atoms with Crippen molar-refractivity contribution in [2.24, 2.45) is 11.7 Å². The molecule has 1 amide bonds. The van der Waals surface area contributed by atoms with Crippen molar-refractivity contribution in [2.45, 2.75) is 51.6 Å². The van der Waals surface area contributed by atoms with Crippen LogP contribution in [-0.4, -0.2) is 11.9 Å². The van der Waals surface area contributed by atoms with Crippen LogP contribution in [0.2, 0.25) is 0 Å². The number of nitrogens with one attached hydrogen (secondary N) is 1. The summed E-state index contributed by atoms with van der Waals surface area (Å²) in [6.45, 7) is 2.59. The summed E-state index contributed by atoms with van der Waals surface area (Å²) in [5, 5.41) is 3.38. The SMILES string of the molecule is CC(NCc1cc(C(N)=O)ccc1F)C1CCCCC1. The first kappa shape index (κ1) is 15.0. The van der Waals surface area contributed by atoms with E-state index < -0.39 is 5.91 Å². The van der Waals surface area contributed by atoms with Gasteiger partial charge in [0.2, 0.25) is 5.91 Å². The summed E-state index contributed by atoms with van der Waals surface area (Å²) < 4.78 is 13.7. The van der Waals surface area contributed by atoms with Gasteiger partial charge >= 0.3 is 0 Å². The Morgan fingerprint density at radius 2 is 2.10 bits per heavy atom. The van der Waals surface area contributed by atoms with Gasteiger partial charge in [0.05, 0.1) is 0 Å². The summed E-state index contributed by atoms with van der Waals surface area (Å²) >= 11 is 0. The number of carbonyl (C=O) groups excluding carboxylic acids is 1. The number of carbonyl (C=O) groups is 1. The monoisotopic (exact) mass is 278 g/mol. The molecule has 2 rings (SSSR count). The lowest BCUT2D eigenvalue weighted by atomic mass is 9.84. The van der Waals surface area contributed by atoms with Crippen molar-refractivity contribution in [3.63, 3.8) is 0 Å². The lowest BCUT2D eigenvalue weighted by molar-refractivity contribution is 0.1000. The van der Waals surface area contributed by atoms with Crippen LogP contribution in [0.4, 0.5) is 4.39 Å². The second-order valence-corrected chi connectivity index (χ2v) is 5.74. The van der Waals surface area contributed by atoms with Gasteiger partial charge < -0.3 is 11.1 Å². The molecule has 1 aliphatic rings. The van der Waals surface area contributed by atoms with Gasteiger partial charge in [-0.15, -0.1) is 0 Å². The van der Waals surface area contributed by atoms with Gasteiger partial charge in [0, 0.05) is 23.7 Å². The van der Waals surface area contributed by atoms with Crippen molar-refractivity contribution in [1.29, 1.82) is 0 Å². The molecular formula is C16H23FN2O. The second-order valence-electron chi connectivity index (χ2n) is 5.74. The predicted octanol–water partition coefficient (Wildman–Crippen LogP) is 2.98. The van der Waals surface area contributed by atoms with Crippen molar-refractivity contribution in [3.05, 3.63) is 35.1 Å². The Morgan fingerprint density at radius 1 is 1.40 bits per heavy atom. The quantitative estimate of drug-likeness (QED) is 0.870. The summed E-state index contributed by atoms with van der Waals surface area (Å²) in [4.78, 5) is 11.1. The average Bonchev–Trinajstić information content (AvgIpc) is 2.46. The van der Waals surface area contributed by atoms with Gasteiger partial charge in [0.25, 0.3) is 0 Å². The van der Waals surface area contributed by atoms with E-state index in [2.05, 4.69) is 12.2 Å². The number of hydrogen-bond donors (Lipinski definition) is 2. The van der Waals surface area contributed by atoms with Crippen molar-refractivity contribution >= 4 is 5.91 Å². The first-order valence-corrected chi connectivity index (χ1v) is 7.39. The number of halogens is 1. The molecule has 0 spiro atoms. The lowest BCUT2D eigenvalue weighted by Crippen LogP contribution is -2.34. The standard InChI is InChI=1S/C16H23FN2O/c1-11(12-5-3-2-4-6-12)19-10-14-9-13(16(18)20)7-8-15(14)17/h7-9,11-12,19H,2-6,10H2,1H3,(H2,18,20). The minimum atomic E-state index is -0.522. The Hall–Kier alpha value is -1.42. The van der Waals surface area contributed by atoms with E-state index in [1.54, 1.807) is 0 Å². The van der Waals surface area contributed by atoms with E-state index in [0.717, 1.165) is 0 Å². The third-order valence-electron chi connectivity index (χ3n) is 4.30.